The van der Waals surface area contributed by atoms with E-state index in [9.17, 15) is 19.8 Å². The Morgan fingerprint density at radius 2 is 2.11 bits per heavy atom. The Hall–Kier alpha value is -2.71. The second-order valence-corrected chi connectivity index (χ2v) is 6.15. The van der Waals surface area contributed by atoms with Crippen molar-refractivity contribution in [3.8, 4) is 17.2 Å². The van der Waals surface area contributed by atoms with Gasteiger partial charge in [0.25, 0.3) is 0 Å². The maximum Gasteiger partial charge on any atom is 0.306 e. The van der Waals surface area contributed by atoms with Gasteiger partial charge in [0.05, 0.1) is 24.0 Å². The van der Waals surface area contributed by atoms with Crippen molar-refractivity contribution in [3.63, 3.8) is 0 Å². The predicted octanol–water partition coefficient (Wildman–Crippen LogP) is 2.30. The van der Waals surface area contributed by atoms with Gasteiger partial charge >= 0.3 is 5.97 Å². The van der Waals surface area contributed by atoms with Crippen LogP contribution in [0.4, 0.5) is 0 Å². The molecule has 0 bridgehead atoms. The first-order valence-electron chi connectivity index (χ1n) is 8.16. The fourth-order valence-corrected chi connectivity index (χ4v) is 3.08. The van der Waals surface area contributed by atoms with Crippen LogP contribution in [0.1, 0.15) is 36.3 Å². The molecule has 1 atom stereocenters. The summed E-state index contributed by atoms with van der Waals surface area (Å²) in [7, 11) is 0. The Balaban J connectivity index is 2.13. The second kappa shape index (κ2) is 7.89. The van der Waals surface area contributed by atoms with Crippen LogP contribution in [0.2, 0.25) is 5.02 Å². The Bertz CT molecular complexity index is 920. The number of hydrogen-bond acceptors (Lipinski definition) is 8. The number of aliphatic hydroxyl groups excluding tert-OH is 1. The van der Waals surface area contributed by atoms with Crippen molar-refractivity contribution < 1.29 is 33.6 Å². The summed E-state index contributed by atoms with van der Waals surface area (Å²) in [6, 6.07) is 4.10. The van der Waals surface area contributed by atoms with Crippen LogP contribution in [0.25, 0.3) is 0 Å². The van der Waals surface area contributed by atoms with Gasteiger partial charge in [-0.1, -0.05) is 11.6 Å². The zero-order valence-corrected chi connectivity index (χ0v) is 15.1. The van der Waals surface area contributed by atoms with Gasteiger partial charge in [-0.3, -0.25) is 9.59 Å². The minimum atomic E-state index is -0.893. The topological polar surface area (TPSA) is 115 Å². The molecule has 1 aliphatic rings. The molecule has 0 amide bonds. The molecule has 2 N–H and O–H groups in total. The number of rotatable bonds is 6. The molecule has 1 unspecified atom stereocenters. The first kappa shape index (κ1) is 19.1. The van der Waals surface area contributed by atoms with Crippen molar-refractivity contribution in [2.24, 2.45) is 0 Å². The summed E-state index contributed by atoms with van der Waals surface area (Å²) in [5.41, 5.74) is -0.285. The third-order valence-corrected chi connectivity index (χ3v) is 4.28. The quantitative estimate of drug-likeness (QED) is 0.714. The van der Waals surface area contributed by atoms with E-state index >= 15 is 0 Å². The summed E-state index contributed by atoms with van der Waals surface area (Å²) in [6.45, 7) is 1.28. The van der Waals surface area contributed by atoms with E-state index in [2.05, 4.69) is 0 Å². The average Bonchev–Trinajstić information content (AvgIpc) is 3.11. The van der Waals surface area contributed by atoms with Gasteiger partial charge in [0.15, 0.2) is 17.3 Å². The summed E-state index contributed by atoms with van der Waals surface area (Å²) in [6.07, 6.45) is -0.227. The fraction of sp³-hybridized carbons (Fsp3) is 0.333. The van der Waals surface area contributed by atoms with Crippen LogP contribution in [0.15, 0.2) is 27.4 Å². The number of ether oxygens (including phenoxy) is 3. The Kier molecular flexibility index (Phi) is 5.57. The fourth-order valence-electron chi connectivity index (χ4n) is 2.81. The summed E-state index contributed by atoms with van der Waals surface area (Å²) < 4.78 is 21.1. The van der Waals surface area contributed by atoms with Gasteiger partial charge < -0.3 is 28.8 Å². The molecule has 0 saturated carbocycles. The van der Waals surface area contributed by atoms with E-state index in [1.54, 1.807) is 13.0 Å². The molecule has 144 valence electrons. The van der Waals surface area contributed by atoms with E-state index in [1.165, 1.54) is 6.07 Å². The minimum Gasteiger partial charge on any atom is -0.502 e. The second-order valence-electron chi connectivity index (χ2n) is 5.75. The number of aliphatic hydroxyl groups is 1. The lowest BCUT2D eigenvalue weighted by Crippen LogP contribution is -2.15. The van der Waals surface area contributed by atoms with Crippen molar-refractivity contribution in [1.82, 2.24) is 0 Å². The molecule has 1 aliphatic heterocycles. The Morgan fingerprint density at radius 1 is 1.33 bits per heavy atom. The third-order valence-electron chi connectivity index (χ3n) is 4.00. The number of fused-ring (bicyclic) bond motifs is 1. The minimum absolute atomic E-state index is 0.00137. The lowest BCUT2D eigenvalue weighted by Gasteiger charge is -2.18. The molecule has 2 aromatic rings. The van der Waals surface area contributed by atoms with Crippen molar-refractivity contribution >= 4 is 17.6 Å². The van der Waals surface area contributed by atoms with Gasteiger partial charge in [-0.15, -0.1) is 0 Å². The summed E-state index contributed by atoms with van der Waals surface area (Å²) in [4.78, 5) is 24.1. The van der Waals surface area contributed by atoms with Crippen LogP contribution in [-0.2, 0) is 16.1 Å². The van der Waals surface area contributed by atoms with Crippen LogP contribution in [-0.4, -0.2) is 29.6 Å². The highest BCUT2D eigenvalue weighted by atomic mass is 35.5. The van der Waals surface area contributed by atoms with Gasteiger partial charge in [0.1, 0.15) is 12.4 Å². The number of halogens is 1. The van der Waals surface area contributed by atoms with E-state index in [0.717, 1.165) is 6.07 Å². The summed E-state index contributed by atoms with van der Waals surface area (Å²) in [5, 5.41) is 19.8. The molecular weight excluding hydrogens is 380 g/mol. The third kappa shape index (κ3) is 3.86. The molecule has 0 aliphatic carbocycles. The van der Waals surface area contributed by atoms with Crippen LogP contribution in [0.5, 0.6) is 17.2 Å². The van der Waals surface area contributed by atoms with Crippen molar-refractivity contribution in [1.29, 1.82) is 0 Å². The van der Waals surface area contributed by atoms with Gasteiger partial charge in [-0.2, -0.15) is 0 Å². The molecule has 27 heavy (non-hydrogen) atoms. The molecule has 0 radical (unpaired) electrons. The average molecular weight is 397 g/mol. The highest BCUT2D eigenvalue weighted by Gasteiger charge is 2.29. The number of carbonyl (C=O) groups excluding carboxylic acids is 1. The molecule has 3 rings (SSSR count). The smallest absolute Gasteiger partial charge is 0.306 e. The lowest BCUT2D eigenvalue weighted by atomic mass is 9.91. The molecular formula is C18H17ClO8. The summed E-state index contributed by atoms with van der Waals surface area (Å²) in [5.74, 6) is -1.60. The van der Waals surface area contributed by atoms with Crippen LogP contribution in [0, 0.1) is 0 Å². The molecule has 1 aromatic heterocycles. The standard InChI is InChI=1S/C18H17ClO8/c1-2-24-15(22)6-11(17-16(23)13(21)5-10(7-20)27-17)9-3-12(19)18-14(4-9)25-8-26-18/h3-5,11,20,23H,2,6-8H2,1H3. The van der Waals surface area contributed by atoms with Crippen molar-refractivity contribution in [3.05, 3.63) is 50.5 Å². The van der Waals surface area contributed by atoms with Crippen molar-refractivity contribution in [2.75, 3.05) is 13.4 Å². The van der Waals surface area contributed by atoms with E-state index < -0.39 is 29.7 Å². The van der Waals surface area contributed by atoms with E-state index in [1.807, 2.05) is 0 Å². The molecule has 2 heterocycles. The maximum atomic E-state index is 12.1. The lowest BCUT2D eigenvalue weighted by molar-refractivity contribution is -0.143. The van der Waals surface area contributed by atoms with Crippen LogP contribution < -0.4 is 14.9 Å². The molecule has 0 spiro atoms. The van der Waals surface area contributed by atoms with Gasteiger partial charge in [-0.05, 0) is 24.6 Å². The molecule has 0 fully saturated rings. The van der Waals surface area contributed by atoms with Gasteiger partial charge in [0.2, 0.25) is 18.0 Å². The van der Waals surface area contributed by atoms with E-state index in [0.29, 0.717) is 17.1 Å². The number of hydrogen-bond donors (Lipinski definition) is 2. The van der Waals surface area contributed by atoms with Crippen LogP contribution >= 0.6 is 11.6 Å². The highest BCUT2D eigenvalue weighted by molar-refractivity contribution is 6.32. The number of carbonyl (C=O) groups is 1. The largest absolute Gasteiger partial charge is 0.502 e. The SMILES string of the molecule is CCOC(=O)CC(c1cc(Cl)c2c(c1)OCO2)c1oc(CO)cc(=O)c1O. The van der Waals surface area contributed by atoms with Crippen LogP contribution in [0.3, 0.4) is 0 Å². The Morgan fingerprint density at radius 3 is 2.81 bits per heavy atom. The summed E-state index contributed by atoms with van der Waals surface area (Å²) >= 11 is 6.22. The zero-order chi connectivity index (χ0) is 19.6. The number of esters is 1. The first-order chi connectivity index (χ1) is 12.9. The molecule has 9 heteroatoms. The van der Waals surface area contributed by atoms with Gasteiger partial charge in [0, 0.05) is 6.07 Å². The monoisotopic (exact) mass is 396 g/mol. The van der Waals surface area contributed by atoms with E-state index in [4.69, 9.17) is 30.2 Å². The Labute approximate surface area is 158 Å². The van der Waals surface area contributed by atoms with Crippen molar-refractivity contribution in [2.45, 2.75) is 25.9 Å². The van der Waals surface area contributed by atoms with Gasteiger partial charge in [-0.25, -0.2) is 0 Å². The molecule has 0 saturated heterocycles. The molecule has 8 nitrogen and oxygen atoms in total. The van der Waals surface area contributed by atoms with E-state index in [-0.39, 0.29) is 36.4 Å². The highest BCUT2D eigenvalue weighted by Crippen LogP contribution is 2.44. The zero-order valence-electron chi connectivity index (χ0n) is 14.4. The molecule has 1 aromatic carbocycles. The maximum absolute atomic E-state index is 12.1. The number of benzene rings is 1. The number of aromatic hydroxyl groups is 1. The first-order valence-corrected chi connectivity index (χ1v) is 8.53. The normalized spacial score (nSPS) is 13.4. The predicted molar refractivity (Wildman–Crippen MR) is 93.2 cm³/mol.